The minimum absolute atomic E-state index is 0.209. The van der Waals surface area contributed by atoms with Gasteiger partial charge in [-0.25, -0.2) is 12.7 Å². The molecule has 0 aliphatic rings. The quantitative estimate of drug-likeness (QED) is 0.893. The molecular formula is C12H16N4O3S. The van der Waals surface area contributed by atoms with E-state index in [2.05, 4.69) is 15.5 Å². The van der Waals surface area contributed by atoms with Crippen LogP contribution in [0.5, 0.6) is 0 Å². The highest BCUT2D eigenvalue weighted by molar-refractivity contribution is 7.89. The third-order valence-electron chi connectivity index (χ3n) is 2.65. The number of nitrogens with one attached hydrogen (secondary N) is 1. The van der Waals surface area contributed by atoms with Crippen molar-refractivity contribution < 1.29 is 12.9 Å². The molecule has 1 aromatic heterocycles. The lowest BCUT2D eigenvalue weighted by atomic mass is 10.3. The molecule has 8 heteroatoms. The van der Waals surface area contributed by atoms with Crippen LogP contribution in [0.4, 0.5) is 5.69 Å². The third kappa shape index (κ3) is 2.97. The van der Waals surface area contributed by atoms with E-state index in [1.807, 2.05) is 0 Å². The first-order valence-corrected chi connectivity index (χ1v) is 7.40. The summed E-state index contributed by atoms with van der Waals surface area (Å²) in [7, 11) is -0.515. The van der Waals surface area contributed by atoms with Crippen molar-refractivity contribution in [3.05, 3.63) is 36.0 Å². The van der Waals surface area contributed by atoms with Crippen LogP contribution in [0, 0.1) is 6.92 Å². The Kier molecular flexibility index (Phi) is 4.05. The molecule has 0 fully saturated rings. The standard InChI is InChI=1S/C12H16N4O3S/c1-9-14-12(19-15-9)8-13-10-6-4-5-7-11(10)20(17,18)16(2)3/h4-7,13H,8H2,1-3H3. The Morgan fingerprint density at radius 2 is 2.00 bits per heavy atom. The van der Waals surface area contributed by atoms with E-state index in [1.165, 1.54) is 18.4 Å². The van der Waals surface area contributed by atoms with Crippen molar-refractivity contribution in [2.24, 2.45) is 0 Å². The first kappa shape index (κ1) is 14.5. The number of hydrogen-bond donors (Lipinski definition) is 1. The van der Waals surface area contributed by atoms with Gasteiger partial charge < -0.3 is 9.84 Å². The van der Waals surface area contributed by atoms with E-state index in [4.69, 9.17) is 4.52 Å². The molecule has 0 radical (unpaired) electrons. The minimum atomic E-state index is -3.50. The van der Waals surface area contributed by atoms with Gasteiger partial charge in [-0.1, -0.05) is 17.3 Å². The Balaban J connectivity index is 2.25. The molecule has 2 rings (SSSR count). The van der Waals surface area contributed by atoms with Crippen LogP contribution in [0.3, 0.4) is 0 Å². The summed E-state index contributed by atoms with van der Waals surface area (Å²) in [6, 6.07) is 6.69. The van der Waals surface area contributed by atoms with Gasteiger partial charge in [0.1, 0.15) is 4.90 Å². The highest BCUT2D eigenvalue weighted by Crippen LogP contribution is 2.23. The van der Waals surface area contributed by atoms with E-state index in [0.717, 1.165) is 0 Å². The molecule has 1 heterocycles. The molecule has 0 amide bonds. The molecule has 0 saturated carbocycles. The van der Waals surface area contributed by atoms with Gasteiger partial charge in [0.25, 0.3) is 0 Å². The molecule has 0 aliphatic carbocycles. The van der Waals surface area contributed by atoms with Crippen LogP contribution in [-0.2, 0) is 16.6 Å². The largest absolute Gasteiger partial charge is 0.375 e. The molecule has 0 saturated heterocycles. The molecule has 0 bridgehead atoms. The van der Waals surface area contributed by atoms with Crippen molar-refractivity contribution >= 4 is 15.7 Å². The number of para-hydroxylation sites is 1. The number of rotatable bonds is 5. The summed E-state index contributed by atoms with van der Waals surface area (Å²) < 4.78 is 30.6. The molecule has 1 aromatic carbocycles. The zero-order chi connectivity index (χ0) is 14.8. The fourth-order valence-corrected chi connectivity index (χ4v) is 2.68. The van der Waals surface area contributed by atoms with Gasteiger partial charge in [-0.05, 0) is 19.1 Å². The van der Waals surface area contributed by atoms with Gasteiger partial charge in [-0.2, -0.15) is 4.98 Å². The second-order valence-corrected chi connectivity index (χ2v) is 6.49. The maximum atomic E-state index is 12.2. The van der Waals surface area contributed by atoms with Crippen LogP contribution in [0.25, 0.3) is 0 Å². The summed E-state index contributed by atoms with van der Waals surface area (Å²) in [5, 5.41) is 6.68. The molecule has 0 aliphatic heterocycles. The maximum absolute atomic E-state index is 12.2. The maximum Gasteiger partial charge on any atom is 0.245 e. The molecule has 0 unspecified atom stereocenters. The van der Waals surface area contributed by atoms with Gasteiger partial charge in [0.15, 0.2) is 5.82 Å². The van der Waals surface area contributed by atoms with Crippen molar-refractivity contribution in [3.8, 4) is 0 Å². The lowest BCUT2D eigenvalue weighted by molar-refractivity contribution is 0.379. The number of hydrogen-bond acceptors (Lipinski definition) is 6. The summed E-state index contributed by atoms with van der Waals surface area (Å²) in [5.41, 5.74) is 0.497. The van der Waals surface area contributed by atoms with Crippen molar-refractivity contribution in [1.82, 2.24) is 14.4 Å². The molecule has 0 atom stereocenters. The fourth-order valence-electron chi connectivity index (χ4n) is 1.62. The van der Waals surface area contributed by atoms with Crippen molar-refractivity contribution in [2.75, 3.05) is 19.4 Å². The predicted octanol–water partition coefficient (Wildman–Crippen LogP) is 1.24. The normalized spacial score (nSPS) is 11.8. The van der Waals surface area contributed by atoms with Gasteiger partial charge >= 0.3 is 0 Å². The number of anilines is 1. The number of aromatic nitrogens is 2. The molecule has 108 valence electrons. The van der Waals surface area contributed by atoms with Crippen LogP contribution < -0.4 is 5.32 Å². The highest BCUT2D eigenvalue weighted by Gasteiger charge is 2.20. The highest BCUT2D eigenvalue weighted by atomic mass is 32.2. The smallest absolute Gasteiger partial charge is 0.245 e. The lowest BCUT2D eigenvalue weighted by Gasteiger charge is -2.15. The van der Waals surface area contributed by atoms with Crippen LogP contribution in [-0.4, -0.2) is 37.0 Å². The minimum Gasteiger partial charge on any atom is -0.375 e. The van der Waals surface area contributed by atoms with Gasteiger partial charge in [-0.3, -0.25) is 0 Å². The summed E-state index contributed by atoms with van der Waals surface area (Å²) in [6.45, 7) is 1.98. The Morgan fingerprint density at radius 1 is 1.30 bits per heavy atom. The van der Waals surface area contributed by atoms with E-state index in [-0.39, 0.29) is 11.4 Å². The van der Waals surface area contributed by atoms with Crippen molar-refractivity contribution in [2.45, 2.75) is 18.4 Å². The summed E-state index contributed by atoms with van der Waals surface area (Å²) >= 11 is 0. The zero-order valence-electron chi connectivity index (χ0n) is 11.5. The Bertz CT molecular complexity index is 694. The molecule has 0 spiro atoms. The predicted molar refractivity (Wildman–Crippen MR) is 73.7 cm³/mol. The van der Waals surface area contributed by atoms with E-state index < -0.39 is 10.0 Å². The molecule has 2 aromatic rings. The average molecular weight is 296 g/mol. The monoisotopic (exact) mass is 296 g/mol. The van der Waals surface area contributed by atoms with E-state index in [9.17, 15) is 8.42 Å². The van der Waals surface area contributed by atoms with Crippen LogP contribution in [0.2, 0.25) is 0 Å². The second-order valence-electron chi connectivity index (χ2n) is 4.37. The first-order chi connectivity index (χ1) is 9.41. The summed E-state index contributed by atoms with van der Waals surface area (Å²) in [4.78, 5) is 4.26. The summed E-state index contributed by atoms with van der Waals surface area (Å²) in [6.07, 6.45) is 0. The topological polar surface area (TPSA) is 88.3 Å². The van der Waals surface area contributed by atoms with E-state index in [1.54, 1.807) is 31.2 Å². The summed E-state index contributed by atoms with van der Waals surface area (Å²) in [5.74, 6) is 0.940. The van der Waals surface area contributed by atoms with Gasteiger partial charge in [0.2, 0.25) is 15.9 Å². The van der Waals surface area contributed by atoms with Crippen LogP contribution >= 0.6 is 0 Å². The molecule has 7 nitrogen and oxygen atoms in total. The SMILES string of the molecule is Cc1noc(CNc2ccccc2S(=O)(=O)N(C)C)n1. The van der Waals surface area contributed by atoms with Crippen LogP contribution in [0.1, 0.15) is 11.7 Å². The second kappa shape index (κ2) is 5.59. The Labute approximate surface area is 117 Å². The van der Waals surface area contributed by atoms with E-state index >= 15 is 0 Å². The number of benzene rings is 1. The third-order valence-corrected chi connectivity index (χ3v) is 4.52. The number of aryl methyl sites for hydroxylation is 1. The number of nitrogens with zero attached hydrogens (tertiary/aromatic N) is 3. The molecular weight excluding hydrogens is 280 g/mol. The van der Waals surface area contributed by atoms with Gasteiger partial charge in [0.05, 0.1) is 12.2 Å². The zero-order valence-corrected chi connectivity index (χ0v) is 12.3. The average Bonchev–Trinajstić information content (AvgIpc) is 2.82. The van der Waals surface area contributed by atoms with Gasteiger partial charge in [-0.15, -0.1) is 0 Å². The van der Waals surface area contributed by atoms with Crippen molar-refractivity contribution in [3.63, 3.8) is 0 Å². The lowest BCUT2D eigenvalue weighted by Crippen LogP contribution is -2.23. The first-order valence-electron chi connectivity index (χ1n) is 5.96. The Hall–Kier alpha value is -1.93. The number of sulfonamides is 1. The van der Waals surface area contributed by atoms with E-state index in [0.29, 0.717) is 17.4 Å². The van der Waals surface area contributed by atoms with Gasteiger partial charge in [0, 0.05) is 14.1 Å². The fraction of sp³-hybridized carbons (Fsp3) is 0.333. The molecule has 20 heavy (non-hydrogen) atoms. The Morgan fingerprint density at radius 3 is 2.60 bits per heavy atom. The molecule has 1 N–H and O–H groups in total. The van der Waals surface area contributed by atoms with Crippen molar-refractivity contribution in [1.29, 1.82) is 0 Å². The van der Waals surface area contributed by atoms with Crippen LogP contribution in [0.15, 0.2) is 33.7 Å².